The number of aryl methyl sites for hydroxylation is 2. The zero-order valence-electron chi connectivity index (χ0n) is 18.2. The van der Waals surface area contributed by atoms with E-state index in [0.29, 0.717) is 6.42 Å². The van der Waals surface area contributed by atoms with Gasteiger partial charge in [-0.25, -0.2) is 5.01 Å². The highest BCUT2D eigenvalue weighted by Crippen LogP contribution is 2.36. The molecule has 0 aliphatic carbocycles. The molecule has 2 aromatic carbocycles. The van der Waals surface area contributed by atoms with E-state index < -0.39 is 0 Å². The molecule has 0 atom stereocenters. The molecular formula is C25H33N3O. The number of nitrogens with zero attached hydrogens (tertiary/aromatic N) is 2. The summed E-state index contributed by atoms with van der Waals surface area (Å²) < 4.78 is 0. The number of benzene rings is 2. The molecule has 1 aliphatic heterocycles. The Morgan fingerprint density at radius 2 is 1.72 bits per heavy atom. The summed E-state index contributed by atoms with van der Waals surface area (Å²) in [7, 11) is 0. The summed E-state index contributed by atoms with van der Waals surface area (Å²) in [5.74, 6) is 0.128. The number of nitrogens with one attached hydrogen (secondary N) is 1. The standard InChI is InChI=1S/C25H33N3O/c1-5-25(6-2)18-23(21-16-19(3)15-20(4)17-21)27-28(25)24(29)13-10-14-26-22-11-8-7-9-12-22/h7-9,11-12,15-17,26H,5-6,10,13-14,18H2,1-4H3. The number of amides is 1. The maximum atomic E-state index is 13.1. The van der Waals surface area contributed by atoms with Crippen LogP contribution >= 0.6 is 0 Å². The van der Waals surface area contributed by atoms with E-state index in [1.165, 1.54) is 11.1 Å². The fraction of sp³-hybridized carbons (Fsp3) is 0.440. The lowest BCUT2D eigenvalue weighted by molar-refractivity contribution is -0.137. The zero-order valence-corrected chi connectivity index (χ0v) is 18.2. The smallest absolute Gasteiger partial charge is 0.243 e. The predicted octanol–water partition coefficient (Wildman–Crippen LogP) is 5.69. The summed E-state index contributed by atoms with van der Waals surface area (Å²) in [6.45, 7) is 9.34. The first kappa shape index (κ1) is 21.1. The highest BCUT2D eigenvalue weighted by atomic mass is 16.2. The quantitative estimate of drug-likeness (QED) is 0.587. The molecule has 2 aromatic rings. The van der Waals surface area contributed by atoms with Crippen LogP contribution in [-0.2, 0) is 4.79 Å². The summed E-state index contributed by atoms with van der Waals surface area (Å²) in [4.78, 5) is 13.1. The Hall–Kier alpha value is -2.62. The first-order valence-electron chi connectivity index (χ1n) is 10.8. The summed E-state index contributed by atoms with van der Waals surface area (Å²) in [6.07, 6.45) is 3.95. The number of hydrogen-bond donors (Lipinski definition) is 1. The molecule has 0 fully saturated rings. The first-order valence-corrected chi connectivity index (χ1v) is 10.8. The summed E-state index contributed by atoms with van der Waals surface area (Å²) >= 11 is 0. The predicted molar refractivity (Wildman–Crippen MR) is 121 cm³/mol. The van der Waals surface area contributed by atoms with Crippen LogP contribution in [0.15, 0.2) is 53.6 Å². The van der Waals surface area contributed by atoms with E-state index in [4.69, 9.17) is 5.10 Å². The van der Waals surface area contributed by atoms with Gasteiger partial charge < -0.3 is 5.32 Å². The van der Waals surface area contributed by atoms with Crippen LogP contribution in [0.3, 0.4) is 0 Å². The van der Waals surface area contributed by atoms with Crippen LogP contribution in [0, 0.1) is 13.8 Å². The molecular weight excluding hydrogens is 358 g/mol. The van der Waals surface area contributed by atoms with E-state index in [2.05, 4.69) is 51.2 Å². The monoisotopic (exact) mass is 391 g/mol. The Morgan fingerprint density at radius 1 is 1.07 bits per heavy atom. The van der Waals surface area contributed by atoms with Gasteiger partial charge in [0.25, 0.3) is 0 Å². The molecule has 0 bridgehead atoms. The van der Waals surface area contributed by atoms with Crippen molar-refractivity contribution in [3.63, 3.8) is 0 Å². The molecule has 1 heterocycles. The largest absolute Gasteiger partial charge is 0.385 e. The third-order valence-electron chi connectivity index (χ3n) is 5.94. The topological polar surface area (TPSA) is 44.7 Å². The number of carbonyl (C=O) groups excluding carboxylic acids is 1. The second-order valence-electron chi connectivity index (χ2n) is 8.13. The molecule has 4 heteroatoms. The van der Waals surface area contributed by atoms with Gasteiger partial charge in [0.2, 0.25) is 5.91 Å². The van der Waals surface area contributed by atoms with Gasteiger partial charge >= 0.3 is 0 Å². The molecule has 0 spiro atoms. The number of carbonyl (C=O) groups is 1. The molecule has 29 heavy (non-hydrogen) atoms. The van der Waals surface area contributed by atoms with Crippen molar-refractivity contribution >= 4 is 17.3 Å². The molecule has 0 aromatic heterocycles. The molecule has 0 radical (unpaired) electrons. The van der Waals surface area contributed by atoms with Crippen LogP contribution in [0.25, 0.3) is 0 Å². The van der Waals surface area contributed by atoms with Gasteiger partial charge in [-0.1, -0.05) is 61.4 Å². The zero-order chi connectivity index (χ0) is 20.9. The van der Waals surface area contributed by atoms with E-state index in [-0.39, 0.29) is 11.4 Å². The van der Waals surface area contributed by atoms with Crippen LogP contribution in [0.5, 0.6) is 0 Å². The molecule has 1 amide bonds. The summed E-state index contributed by atoms with van der Waals surface area (Å²) in [5.41, 5.74) is 5.55. The average molecular weight is 392 g/mol. The minimum Gasteiger partial charge on any atom is -0.385 e. The second-order valence-corrected chi connectivity index (χ2v) is 8.13. The Bertz CT molecular complexity index is 849. The van der Waals surface area contributed by atoms with Gasteiger partial charge in [-0.2, -0.15) is 5.10 Å². The summed E-state index contributed by atoms with van der Waals surface area (Å²) in [6, 6.07) is 16.6. The third-order valence-corrected chi connectivity index (χ3v) is 5.94. The molecule has 3 rings (SSSR count). The number of anilines is 1. The Balaban J connectivity index is 1.69. The molecule has 0 saturated carbocycles. The van der Waals surface area contributed by atoms with E-state index in [1.54, 1.807) is 0 Å². The Morgan fingerprint density at radius 3 is 2.34 bits per heavy atom. The van der Waals surface area contributed by atoms with Crippen molar-refractivity contribution in [1.29, 1.82) is 0 Å². The highest BCUT2D eigenvalue weighted by molar-refractivity contribution is 6.04. The van der Waals surface area contributed by atoms with Gasteiger partial charge in [0, 0.05) is 25.1 Å². The second kappa shape index (κ2) is 9.25. The van der Waals surface area contributed by atoms with Gasteiger partial charge in [-0.05, 0) is 50.8 Å². The van der Waals surface area contributed by atoms with Crippen molar-refractivity contribution in [2.24, 2.45) is 5.10 Å². The third kappa shape index (κ3) is 4.87. The van der Waals surface area contributed by atoms with Crippen LogP contribution in [0.4, 0.5) is 5.69 Å². The normalized spacial score (nSPS) is 15.3. The Kier molecular flexibility index (Phi) is 6.73. The first-order chi connectivity index (χ1) is 14.0. The fourth-order valence-electron chi connectivity index (χ4n) is 4.20. The van der Waals surface area contributed by atoms with E-state index in [0.717, 1.165) is 49.2 Å². The maximum absolute atomic E-state index is 13.1. The van der Waals surface area contributed by atoms with Crippen molar-refractivity contribution in [2.45, 2.75) is 65.3 Å². The summed E-state index contributed by atoms with van der Waals surface area (Å²) in [5, 5.41) is 10.0. The lowest BCUT2D eigenvalue weighted by atomic mass is 9.85. The number of hydrazone groups is 1. The van der Waals surface area contributed by atoms with Crippen molar-refractivity contribution in [3.05, 3.63) is 65.2 Å². The van der Waals surface area contributed by atoms with Gasteiger partial charge in [0.15, 0.2) is 0 Å². The number of para-hydroxylation sites is 1. The fourth-order valence-corrected chi connectivity index (χ4v) is 4.20. The van der Waals surface area contributed by atoms with E-state index in [1.807, 2.05) is 35.3 Å². The molecule has 0 unspecified atom stereocenters. The van der Waals surface area contributed by atoms with Gasteiger partial charge in [0.1, 0.15) is 0 Å². The van der Waals surface area contributed by atoms with Crippen molar-refractivity contribution in [3.8, 4) is 0 Å². The minimum absolute atomic E-state index is 0.128. The van der Waals surface area contributed by atoms with Crippen LogP contribution < -0.4 is 5.32 Å². The van der Waals surface area contributed by atoms with Crippen molar-refractivity contribution < 1.29 is 4.79 Å². The molecule has 154 valence electrons. The molecule has 0 saturated heterocycles. The van der Waals surface area contributed by atoms with Gasteiger partial charge in [-0.3, -0.25) is 4.79 Å². The lowest BCUT2D eigenvalue weighted by Gasteiger charge is -2.34. The van der Waals surface area contributed by atoms with E-state index >= 15 is 0 Å². The SMILES string of the molecule is CCC1(CC)CC(c2cc(C)cc(C)c2)=NN1C(=O)CCCNc1ccccc1. The maximum Gasteiger partial charge on any atom is 0.243 e. The number of hydrogen-bond acceptors (Lipinski definition) is 3. The number of rotatable bonds is 8. The Labute approximate surface area is 175 Å². The van der Waals surface area contributed by atoms with Crippen LogP contribution in [-0.4, -0.2) is 28.7 Å². The lowest BCUT2D eigenvalue weighted by Crippen LogP contribution is -2.45. The highest BCUT2D eigenvalue weighted by Gasteiger charge is 2.43. The molecule has 1 N–H and O–H groups in total. The average Bonchev–Trinajstić information content (AvgIpc) is 3.12. The molecule has 1 aliphatic rings. The van der Waals surface area contributed by atoms with Gasteiger partial charge in [-0.15, -0.1) is 0 Å². The minimum atomic E-state index is -0.197. The van der Waals surface area contributed by atoms with Crippen molar-refractivity contribution in [1.82, 2.24) is 5.01 Å². The van der Waals surface area contributed by atoms with Crippen LogP contribution in [0.1, 0.15) is 62.6 Å². The van der Waals surface area contributed by atoms with Crippen molar-refractivity contribution in [2.75, 3.05) is 11.9 Å². The van der Waals surface area contributed by atoms with E-state index in [9.17, 15) is 4.79 Å². The van der Waals surface area contributed by atoms with Crippen LogP contribution in [0.2, 0.25) is 0 Å². The molecule has 4 nitrogen and oxygen atoms in total. The van der Waals surface area contributed by atoms with Gasteiger partial charge in [0.05, 0.1) is 11.3 Å².